The third-order valence-electron chi connectivity index (χ3n) is 2.85. The molecule has 2 rings (SSSR count). The highest BCUT2D eigenvalue weighted by Gasteiger charge is 2.17. The number of anilines is 1. The van der Waals surface area contributed by atoms with Crippen LogP contribution < -0.4 is 9.46 Å². The van der Waals surface area contributed by atoms with Crippen LogP contribution in [0.5, 0.6) is 5.75 Å². The van der Waals surface area contributed by atoms with Gasteiger partial charge in [0.2, 0.25) is 0 Å². The first-order valence-electron chi connectivity index (χ1n) is 6.03. The Morgan fingerprint density at radius 3 is 2.57 bits per heavy atom. The summed E-state index contributed by atoms with van der Waals surface area (Å²) in [6.45, 7) is -0.296. The van der Waals surface area contributed by atoms with Gasteiger partial charge >= 0.3 is 0 Å². The fraction of sp³-hybridized carbons (Fsp3) is 0.143. The highest BCUT2D eigenvalue weighted by Crippen LogP contribution is 2.25. The van der Waals surface area contributed by atoms with E-state index in [0.717, 1.165) is 3.57 Å². The van der Waals surface area contributed by atoms with E-state index in [2.05, 4.69) is 27.3 Å². The molecule has 2 aromatic rings. The largest absolute Gasteiger partial charge is 0.496 e. The molecule has 0 heterocycles. The maximum absolute atomic E-state index is 12.4. The van der Waals surface area contributed by atoms with Crippen LogP contribution in [0.4, 0.5) is 5.69 Å². The SMILES string of the molecule is COc1ccc(S(=O)(=O)Nc2ccccc2I)cc1CO. The molecule has 0 fully saturated rings. The van der Waals surface area contributed by atoms with Crippen LogP contribution in [0.2, 0.25) is 0 Å². The van der Waals surface area contributed by atoms with Gasteiger partial charge in [-0.3, -0.25) is 4.72 Å². The average Bonchev–Trinajstić information content (AvgIpc) is 2.48. The summed E-state index contributed by atoms with van der Waals surface area (Å²) in [7, 11) is -2.25. The molecule has 7 heteroatoms. The number of aliphatic hydroxyl groups is 1. The lowest BCUT2D eigenvalue weighted by Crippen LogP contribution is -2.14. The number of methoxy groups -OCH3 is 1. The number of para-hydroxylation sites is 1. The molecule has 0 aliphatic rings. The van der Waals surface area contributed by atoms with Crippen LogP contribution in [0.1, 0.15) is 5.56 Å². The molecule has 0 amide bonds. The highest BCUT2D eigenvalue weighted by atomic mass is 127. The number of rotatable bonds is 5. The summed E-state index contributed by atoms with van der Waals surface area (Å²) < 4.78 is 33.2. The summed E-state index contributed by atoms with van der Waals surface area (Å²) >= 11 is 2.06. The highest BCUT2D eigenvalue weighted by molar-refractivity contribution is 14.1. The van der Waals surface area contributed by atoms with Crippen molar-refractivity contribution < 1.29 is 18.3 Å². The second-order valence-corrected chi connectivity index (χ2v) is 7.06. The van der Waals surface area contributed by atoms with Crippen LogP contribution in [0, 0.1) is 3.57 Å². The smallest absolute Gasteiger partial charge is 0.261 e. The van der Waals surface area contributed by atoms with Gasteiger partial charge in [-0.15, -0.1) is 0 Å². The number of halogens is 1. The minimum Gasteiger partial charge on any atom is -0.496 e. The second kappa shape index (κ2) is 6.63. The number of nitrogens with one attached hydrogen (secondary N) is 1. The van der Waals surface area contributed by atoms with Gasteiger partial charge in [-0.2, -0.15) is 0 Å². The summed E-state index contributed by atoms with van der Waals surface area (Å²) in [5.41, 5.74) is 0.933. The van der Waals surface area contributed by atoms with Crippen molar-refractivity contribution in [2.45, 2.75) is 11.5 Å². The molecule has 5 nitrogen and oxygen atoms in total. The first-order chi connectivity index (χ1) is 9.97. The van der Waals surface area contributed by atoms with E-state index in [1.54, 1.807) is 12.1 Å². The summed E-state index contributed by atoms with van der Waals surface area (Å²) in [4.78, 5) is 0.0759. The molecule has 0 radical (unpaired) electrons. The normalized spacial score (nSPS) is 11.2. The maximum Gasteiger partial charge on any atom is 0.261 e. The number of sulfonamides is 1. The number of hydrogen-bond acceptors (Lipinski definition) is 4. The van der Waals surface area contributed by atoms with E-state index in [9.17, 15) is 13.5 Å². The van der Waals surface area contributed by atoms with Crippen molar-refractivity contribution in [3.63, 3.8) is 0 Å². The third-order valence-corrected chi connectivity index (χ3v) is 5.15. The first-order valence-corrected chi connectivity index (χ1v) is 8.59. The Balaban J connectivity index is 2.38. The molecule has 0 unspecified atom stereocenters. The second-order valence-electron chi connectivity index (χ2n) is 4.22. The standard InChI is InChI=1S/C14H14INO4S/c1-20-14-7-6-11(8-10(14)9-17)21(18,19)16-13-5-3-2-4-12(13)15/h2-8,16-17H,9H2,1H3. The number of hydrogen-bond donors (Lipinski definition) is 2. The molecule has 2 aromatic carbocycles. The van der Waals surface area contributed by atoms with Gasteiger partial charge < -0.3 is 9.84 Å². The molecule has 21 heavy (non-hydrogen) atoms. The van der Waals surface area contributed by atoms with Crippen molar-refractivity contribution in [1.82, 2.24) is 0 Å². The van der Waals surface area contributed by atoms with E-state index in [-0.39, 0.29) is 11.5 Å². The fourth-order valence-electron chi connectivity index (χ4n) is 1.79. The molecular formula is C14H14INO4S. The molecule has 0 saturated heterocycles. The van der Waals surface area contributed by atoms with E-state index in [0.29, 0.717) is 17.0 Å². The predicted molar refractivity (Wildman–Crippen MR) is 88.9 cm³/mol. The van der Waals surface area contributed by atoms with Crippen LogP contribution in [0.15, 0.2) is 47.4 Å². The topological polar surface area (TPSA) is 75.6 Å². The molecule has 112 valence electrons. The summed E-state index contributed by atoms with van der Waals surface area (Å²) in [6, 6.07) is 11.5. The molecule has 2 N–H and O–H groups in total. The molecule has 0 aliphatic carbocycles. The van der Waals surface area contributed by atoms with Crippen LogP contribution >= 0.6 is 22.6 Å². The molecule has 0 saturated carbocycles. The Labute approximate surface area is 137 Å². The minimum atomic E-state index is -3.71. The first kappa shape index (κ1) is 16.1. The number of benzene rings is 2. The zero-order chi connectivity index (χ0) is 15.5. The summed E-state index contributed by atoms with van der Waals surface area (Å²) in [6.07, 6.45) is 0. The van der Waals surface area contributed by atoms with Crippen molar-refractivity contribution in [3.8, 4) is 5.75 Å². The van der Waals surface area contributed by atoms with E-state index in [1.807, 2.05) is 12.1 Å². The quantitative estimate of drug-likeness (QED) is 0.731. The van der Waals surface area contributed by atoms with Gasteiger partial charge in [-0.05, 0) is 52.9 Å². The van der Waals surface area contributed by atoms with Crippen molar-refractivity contribution in [2.24, 2.45) is 0 Å². The lowest BCUT2D eigenvalue weighted by molar-refractivity contribution is 0.273. The van der Waals surface area contributed by atoms with E-state index in [1.165, 1.54) is 25.3 Å². The molecular weight excluding hydrogens is 405 g/mol. The Kier molecular flexibility index (Phi) is 5.07. The maximum atomic E-state index is 12.4. The van der Waals surface area contributed by atoms with Gasteiger partial charge in [0, 0.05) is 9.13 Å². The summed E-state index contributed by atoms with van der Waals surface area (Å²) in [5, 5.41) is 9.28. The van der Waals surface area contributed by atoms with Crippen molar-refractivity contribution in [3.05, 3.63) is 51.6 Å². The van der Waals surface area contributed by atoms with Crippen molar-refractivity contribution in [1.29, 1.82) is 0 Å². The van der Waals surface area contributed by atoms with Gasteiger partial charge in [-0.25, -0.2) is 8.42 Å². The van der Waals surface area contributed by atoms with Gasteiger partial charge in [0.05, 0.1) is 24.3 Å². The van der Waals surface area contributed by atoms with E-state index >= 15 is 0 Å². The van der Waals surface area contributed by atoms with Crippen LogP contribution in [0.25, 0.3) is 0 Å². The van der Waals surface area contributed by atoms with Crippen molar-refractivity contribution in [2.75, 3.05) is 11.8 Å². The number of ether oxygens (including phenoxy) is 1. The lowest BCUT2D eigenvalue weighted by atomic mass is 10.2. The molecule has 0 atom stereocenters. The lowest BCUT2D eigenvalue weighted by Gasteiger charge is -2.12. The zero-order valence-corrected chi connectivity index (χ0v) is 14.2. The Morgan fingerprint density at radius 2 is 1.95 bits per heavy atom. The monoisotopic (exact) mass is 419 g/mol. The van der Waals surface area contributed by atoms with Crippen LogP contribution in [0.3, 0.4) is 0 Å². The summed E-state index contributed by atoms with van der Waals surface area (Å²) in [5.74, 6) is 0.450. The van der Waals surface area contributed by atoms with Crippen LogP contribution in [-0.4, -0.2) is 20.6 Å². The Morgan fingerprint density at radius 1 is 1.24 bits per heavy atom. The number of aliphatic hydroxyl groups excluding tert-OH is 1. The predicted octanol–water partition coefficient (Wildman–Crippen LogP) is 2.59. The van der Waals surface area contributed by atoms with Gasteiger partial charge in [0.25, 0.3) is 10.0 Å². The Hall–Kier alpha value is -1.32. The molecule has 0 aliphatic heterocycles. The minimum absolute atomic E-state index is 0.0759. The van der Waals surface area contributed by atoms with Crippen LogP contribution in [-0.2, 0) is 16.6 Å². The zero-order valence-electron chi connectivity index (χ0n) is 11.2. The van der Waals surface area contributed by atoms with Gasteiger partial charge in [-0.1, -0.05) is 12.1 Å². The third kappa shape index (κ3) is 3.66. The molecule has 0 aromatic heterocycles. The van der Waals surface area contributed by atoms with Gasteiger partial charge in [0.1, 0.15) is 5.75 Å². The average molecular weight is 419 g/mol. The molecule has 0 bridgehead atoms. The molecule has 0 spiro atoms. The fourth-order valence-corrected chi connectivity index (χ4v) is 3.63. The van der Waals surface area contributed by atoms with E-state index in [4.69, 9.17) is 4.74 Å². The Bertz CT molecular complexity index is 746. The van der Waals surface area contributed by atoms with Gasteiger partial charge in [0.15, 0.2) is 0 Å². The van der Waals surface area contributed by atoms with E-state index < -0.39 is 10.0 Å². The van der Waals surface area contributed by atoms with Crippen molar-refractivity contribution >= 4 is 38.3 Å².